The molecule has 1 aliphatic heterocycles. The summed E-state index contributed by atoms with van der Waals surface area (Å²) in [6.07, 6.45) is 3.45. The molecule has 1 aliphatic rings. The Morgan fingerprint density at radius 3 is 2.93 bits per heavy atom. The van der Waals surface area contributed by atoms with Gasteiger partial charge >= 0.3 is 0 Å². The predicted molar refractivity (Wildman–Crippen MR) is 99.2 cm³/mol. The summed E-state index contributed by atoms with van der Waals surface area (Å²) in [6, 6.07) is 6.09. The van der Waals surface area contributed by atoms with Crippen molar-refractivity contribution in [2.24, 2.45) is 7.05 Å². The fourth-order valence-electron chi connectivity index (χ4n) is 3.51. The molecule has 9 nitrogen and oxygen atoms in total. The maximum Gasteiger partial charge on any atom is 0.195 e. The minimum Gasteiger partial charge on any atom is -0.377 e. The third kappa shape index (κ3) is 2.58. The number of aromatic amines is 1. The van der Waals surface area contributed by atoms with Crippen LogP contribution >= 0.6 is 0 Å². The second kappa shape index (κ2) is 6.20. The standard InChI is InChI=1S/C18H19N7O2/c1-11-10-26-8-7-25(11)15-9-12(14-4-6-20-24(14)2)18-17(21-15)16(23-27-18)13-3-5-19-22-13/h3-6,9,11H,7-8,10H2,1-2H3,(H,19,22)/t11-/m1/s1. The zero-order valence-electron chi connectivity index (χ0n) is 15.1. The number of pyridine rings is 1. The summed E-state index contributed by atoms with van der Waals surface area (Å²) < 4.78 is 13.1. The van der Waals surface area contributed by atoms with E-state index in [1.165, 1.54) is 0 Å². The van der Waals surface area contributed by atoms with Gasteiger partial charge in [-0.15, -0.1) is 0 Å². The van der Waals surface area contributed by atoms with Crippen LogP contribution in [0.3, 0.4) is 0 Å². The first kappa shape index (κ1) is 16.0. The van der Waals surface area contributed by atoms with E-state index in [4.69, 9.17) is 14.2 Å². The van der Waals surface area contributed by atoms with Gasteiger partial charge in [0.25, 0.3) is 0 Å². The van der Waals surface area contributed by atoms with Crippen LogP contribution in [0.1, 0.15) is 6.92 Å². The molecule has 0 bridgehead atoms. The second-order valence-corrected chi connectivity index (χ2v) is 6.66. The van der Waals surface area contributed by atoms with Crippen molar-refractivity contribution in [3.05, 3.63) is 30.6 Å². The molecule has 27 heavy (non-hydrogen) atoms. The number of anilines is 1. The summed E-state index contributed by atoms with van der Waals surface area (Å²) in [5.41, 5.74) is 4.60. The molecule has 138 valence electrons. The average molecular weight is 365 g/mol. The van der Waals surface area contributed by atoms with E-state index in [-0.39, 0.29) is 6.04 Å². The molecule has 5 rings (SSSR count). The molecular formula is C18H19N7O2. The molecule has 0 aromatic carbocycles. The average Bonchev–Trinajstić information content (AvgIpc) is 3.41. The van der Waals surface area contributed by atoms with E-state index in [1.54, 1.807) is 12.4 Å². The van der Waals surface area contributed by atoms with E-state index in [0.717, 1.165) is 29.3 Å². The zero-order chi connectivity index (χ0) is 18.4. The minimum absolute atomic E-state index is 0.235. The maximum atomic E-state index is 5.71. The third-order valence-corrected chi connectivity index (χ3v) is 4.93. The van der Waals surface area contributed by atoms with Crippen LogP contribution in [0.2, 0.25) is 0 Å². The number of hydrogen-bond donors (Lipinski definition) is 1. The summed E-state index contributed by atoms with van der Waals surface area (Å²) in [5.74, 6) is 0.874. The number of hydrogen-bond acceptors (Lipinski definition) is 7. The van der Waals surface area contributed by atoms with Crippen LogP contribution in [0.5, 0.6) is 0 Å². The lowest BCUT2D eigenvalue weighted by atomic mass is 10.1. The van der Waals surface area contributed by atoms with Gasteiger partial charge in [-0.25, -0.2) is 4.98 Å². The van der Waals surface area contributed by atoms with Crippen LogP contribution in [0.4, 0.5) is 5.82 Å². The Morgan fingerprint density at radius 2 is 2.19 bits per heavy atom. The zero-order valence-corrected chi connectivity index (χ0v) is 15.1. The number of fused-ring (bicyclic) bond motifs is 1. The Morgan fingerprint density at radius 1 is 1.26 bits per heavy atom. The number of nitrogens with one attached hydrogen (secondary N) is 1. The van der Waals surface area contributed by atoms with Crippen molar-refractivity contribution in [2.45, 2.75) is 13.0 Å². The highest BCUT2D eigenvalue weighted by molar-refractivity contribution is 5.97. The van der Waals surface area contributed by atoms with E-state index >= 15 is 0 Å². The molecule has 0 saturated carbocycles. The van der Waals surface area contributed by atoms with Gasteiger partial charge in [0.15, 0.2) is 11.3 Å². The van der Waals surface area contributed by atoms with Gasteiger partial charge in [-0.3, -0.25) is 9.78 Å². The van der Waals surface area contributed by atoms with Crippen molar-refractivity contribution in [1.82, 2.24) is 30.1 Å². The molecular weight excluding hydrogens is 346 g/mol. The molecule has 1 saturated heterocycles. The van der Waals surface area contributed by atoms with E-state index in [9.17, 15) is 0 Å². The van der Waals surface area contributed by atoms with Crippen molar-refractivity contribution in [1.29, 1.82) is 0 Å². The lowest BCUT2D eigenvalue weighted by molar-refractivity contribution is 0.0986. The first-order valence-corrected chi connectivity index (χ1v) is 8.85. The molecule has 0 unspecified atom stereocenters. The number of H-pyrrole nitrogens is 1. The van der Waals surface area contributed by atoms with Gasteiger partial charge in [0.2, 0.25) is 0 Å². The molecule has 1 fully saturated rings. The Bertz CT molecular complexity index is 1080. The third-order valence-electron chi connectivity index (χ3n) is 4.93. The fourth-order valence-corrected chi connectivity index (χ4v) is 3.51. The predicted octanol–water partition coefficient (Wildman–Crippen LogP) is 2.24. The molecule has 0 spiro atoms. The first-order valence-electron chi connectivity index (χ1n) is 8.85. The highest BCUT2D eigenvalue weighted by atomic mass is 16.5. The normalized spacial score (nSPS) is 17.7. The second-order valence-electron chi connectivity index (χ2n) is 6.66. The Kier molecular flexibility index (Phi) is 3.68. The van der Waals surface area contributed by atoms with E-state index in [2.05, 4.69) is 32.3 Å². The Labute approximate surface area is 154 Å². The van der Waals surface area contributed by atoms with E-state index < -0.39 is 0 Å². The van der Waals surface area contributed by atoms with Crippen LogP contribution in [-0.2, 0) is 11.8 Å². The number of nitrogens with zero attached hydrogens (tertiary/aromatic N) is 6. The molecule has 0 aliphatic carbocycles. The van der Waals surface area contributed by atoms with Crippen molar-refractivity contribution >= 4 is 16.9 Å². The van der Waals surface area contributed by atoms with Crippen molar-refractivity contribution in [3.8, 4) is 22.6 Å². The molecule has 0 amide bonds. The van der Waals surface area contributed by atoms with E-state index in [1.807, 2.05) is 29.9 Å². The highest BCUT2D eigenvalue weighted by Crippen LogP contribution is 2.36. The SMILES string of the molecule is C[C@@H]1COCCN1c1cc(-c2ccnn2C)c2onc(-c3ccn[nH]3)c2n1. The van der Waals surface area contributed by atoms with Gasteiger partial charge in [-0.1, -0.05) is 5.16 Å². The summed E-state index contributed by atoms with van der Waals surface area (Å²) >= 11 is 0. The van der Waals surface area contributed by atoms with Crippen molar-refractivity contribution in [3.63, 3.8) is 0 Å². The van der Waals surface area contributed by atoms with Gasteiger partial charge in [0.05, 0.1) is 36.2 Å². The smallest absolute Gasteiger partial charge is 0.195 e. The summed E-state index contributed by atoms with van der Waals surface area (Å²) in [7, 11) is 1.91. The van der Waals surface area contributed by atoms with Gasteiger partial charge < -0.3 is 14.2 Å². The number of aromatic nitrogens is 6. The molecule has 4 aromatic rings. The quantitative estimate of drug-likeness (QED) is 0.594. The fraction of sp³-hybridized carbons (Fsp3) is 0.333. The Balaban J connectivity index is 1.76. The molecule has 9 heteroatoms. The van der Waals surface area contributed by atoms with E-state index in [0.29, 0.717) is 30.0 Å². The largest absolute Gasteiger partial charge is 0.377 e. The van der Waals surface area contributed by atoms with Gasteiger partial charge in [-0.05, 0) is 25.1 Å². The summed E-state index contributed by atoms with van der Waals surface area (Å²) in [5, 5.41) is 15.5. The lowest BCUT2D eigenvalue weighted by Crippen LogP contribution is -2.44. The van der Waals surface area contributed by atoms with Crippen molar-refractivity contribution < 1.29 is 9.26 Å². The van der Waals surface area contributed by atoms with Crippen LogP contribution in [0.25, 0.3) is 33.7 Å². The number of morpholine rings is 1. The topological polar surface area (TPSA) is 97.9 Å². The number of aryl methyl sites for hydroxylation is 1. The number of ether oxygens (including phenoxy) is 1. The molecule has 1 atom stereocenters. The minimum atomic E-state index is 0.235. The molecule has 0 radical (unpaired) electrons. The van der Waals surface area contributed by atoms with Crippen LogP contribution in [0.15, 0.2) is 35.1 Å². The maximum absolute atomic E-state index is 5.71. The molecule has 4 aromatic heterocycles. The monoisotopic (exact) mass is 365 g/mol. The first-order chi connectivity index (χ1) is 13.2. The highest BCUT2D eigenvalue weighted by Gasteiger charge is 2.25. The van der Waals surface area contributed by atoms with Gasteiger partial charge in [0.1, 0.15) is 11.3 Å². The van der Waals surface area contributed by atoms with Gasteiger partial charge in [0, 0.05) is 26.0 Å². The van der Waals surface area contributed by atoms with Crippen LogP contribution in [-0.4, -0.2) is 55.9 Å². The van der Waals surface area contributed by atoms with Gasteiger partial charge in [-0.2, -0.15) is 10.2 Å². The van der Waals surface area contributed by atoms with Crippen LogP contribution < -0.4 is 4.90 Å². The summed E-state index contributed by atoms with van der Waals surface area (Å²) in [6.45, 7) is 4.29. The summed E-state index contributed by atoms with van der Waals surface area (Å²) in [4.78, 5) is 7.16. The van der Waals surface area contributed by atoms with Crippen molar-refractivity contribution in [2.75, 3.05) is 24.7 Å². The molecule has 1 N–H and O–H groups in total. The van der Waals surface area contributed by atoms with Crippen LogP contribution in [0, 0.1) is 0 Å². The lowest BCUT2D eigenvalue weighted by Gasteiger charge is -2.34. The Hall–Kier alpha value is -3.20. The molecule has 5 heterocycles. The number of rotatable bonds is 3.